The minimum absolute atomic E-state index is 0.0647. The fraction of sp³-hybridized carbons (Fsp3) is 0.447. The topological polar surface area (TPSA) is 175 Å². The fourth-order valence-electron chi connectivity index (χ4n) is 7.14. The molecule has 0 aromatic heterocycles. The van der Waals surface area contributed by atoms with E-state index in [1.807, 2.05) is 30.3 Å². The van der Waals surface area contributed by atoms with Gasteiger partial charge in [0.2, 0.25) is 17.7 Å². The second kappa shape index (κ2) is 16.9. The fourth-order valence-corrected chi connectivity index (χ4v) is 7.14. The average Bonchev–Trinajstić information content (AvgIpc) is 3.47. The molecule has 14 heteroatoms. The van der Waals surface area contributed by atoms with Crippen LogP contribution in [0.5, 0.6) is 0 Å². The molecule has 2 aromatic carbocycles. The standard InChI is InChI=1S/C38H44N6O8/c45-32-21-26(25-5-2-1-3-6-25)22-33(46)28(32)23-39-13-14-42-15-17-43(18-16-42)19-20-52-36(49)12-11-34(47)40-30-8-4-7-27-29(30)24-44(38(27)51)31-9-10-35(48)41-37(31)50/h1-8,23,26,31,39H,9-22,24H2,(H,40,47)(H,41,48,50). The van der Waals surface area contributed by atoms with Crippen molar-refractivity contribution in [1.82, 2.24) is 25.3 Å². The number of carbonyl (C=O) groups is 7. The van der Waals surface area contributed by atoms with Crippen molar-refractivity contribution in [3.63, 3.8) is 0 Å². The molecule has 0 bridgehead atoms. The van der Waals surface area contributed by atoms with E-state index >= 15 is 0 Å². The van der Waals surface area contributed by atoms with Crippen molar-refractivity contribution in [2.45, 2.75) is 57.0 Å². The van der Waals surface area contributed by atoms with Crippen LogP contribution >= 0.6 is 0 Å². The first kappa shape index (κ1) is 36.6. The first-order valence-electron chi connectivity index (χ1n) is 17.9. The van der Waals surface area contributed by atoms with Crippen LogP contribution in [0.1, 0.15) is 65.9 Å². The lowest BCUT2D eigenvalue weighted by molar-refractivity contribution is -0.145. The Kier molecular flexibility index (Phi) is 11.9. The molecular formula is C38H44N6O8. The molecule has 274 valence electrons. The van der Waals surface area contributed by atoms with E-state index in [1.165, 1.54) is 4.90 Å². The van der Waals surface area contributed by atoms with Gasteiger partial charge < -0.3 is 20.3 Å². The van der Waals surface area contributed by atoms with Crippen molar-refractivity contribution in [3.8, 4) is 0 Å². The van der Waals surface area contributed by atoms with Crippen LogP contribution in [-0.4, -0.2) is 114 Å². The largest absolute Gasteiger partial charge is 0.464 e. The van der Waals surface area contributed by atoms with Crippen molar-refractivity contribution in [2.24, 2.45) is 0 Å². The summed E-state index contributed by atoms with van der Waals surface area (Å²) in [4.78, 5) is 93.3. The number of imide groups is 1. The first-order valence-corrected chi connectivity index (χ1v) is 17.9. The number of Topliss-reactive ketones (excluding diaryl/α,β-unsaturated/α-hetero) is 2. The zero-order valence-electron chi connectivity index (χ0n) is 29.1. The van der Waals surface area contributed by atoms with Gasteiger partial charge in [-0.3, -0.25) is 48.7 Å². The van der Waals surface area contributed by atoms with E-state index in [9.17, 15) is 33.6 Å². The number of rotatable bonds is 13. The molecule has 1 atom stereocenters. The Bertz CT molecular complexity index is 1730. The predicted octanol–water partition coefficient (Wildman–Crippen LogP) is 1.52. The summed E-state index contributed by atoms with van der Waals surface area (Å²) in [6.07, 6.45) is 2.47. The number of nitrogens with one attached hydrogen (secondary N) is 3. The molecule has 6 rings (SSSR count). The Labute approximate surface area is 301 Å². The quantitative estimate of drug-likeness (QED) is 0.0904. The Morgan fingerprint density at radius 1 is 0.865 bits per heavy atom. The zero-order chi connectivity index (χ0) is 36.6. The molecule has 0 spiro atoms. The molecule has 52 heavy (non-hydrogen) atoms. The molecule has 0 radical (unpaired) electrons. The molecule has 14 nitrogen and oxygen atoms in total. The highest BCUT2D eigenvalue weighted by molar-refractivity contribution is 6.22. The summed E-state index contributed by atoms with van der Waals surface area (Å²) in [6.45, 7) is 5.60. The van der Waals surface area contributed by atoms with E-state index in [4.69, 9.17) is 4.74 Å². The van der Waals surface area contributed by atoms with Crippen LogP contribution in [0, 0.1) is 0 Å². The van der Waals surface area contributed by atoms with E-state index in [0.29, 0.717) is 42.7 Å². The first-order chi connectivity index (χ1) is 25.2. The number of allylic oxidation sites excluding steroid dienone is 1. The van der Waals surface area contributed by atoms with Crippen LogP contribution in [0.4, 0.5) is 5.69 Å². The number of anilines is 1. The molecule has 1 saturated carbocycles. The Balaban J connectivity index is 0.840. The van der Waals surface area contributed by atoms with Crippen LogP contribution in [0.15, 0.2) is 60.3 Å². The van der Waals surface area contributed by atoms with Gasteiger partial charge in [0, 0.05) is 101 Å². The molecule has 4 amide bonds. The number of nitrogens with zero attached hydrogens (tertiary/aromatic N) is 3. The summed E-state index contributed by atoms with van der Waals surface area (Å²) < 4.78 is 5.39. The van der Waals surface area contributed by atoms with Crippen molar-refractivity contribution in [1.29, 1.82) is 0 Å². The van der Waals surface area contributed by atoms with Crippen LogP contribution in [0.25, 0.3) is 0 Å². The molecule has 3 heterocycles. The number of fused-ring (bicyclic) bond motifs is 1. The lowest BCUT2D eigenvalue weighted by Crippen LogP contribution is -2.52. The normalized spacial score (nSPS) is 21.1. The SMILES string of the molecule is O=C1CCC(N2Cc3c(NC(=O)CCC(=O)OCCN4CCN(CCNC=C5C(=O)CC(c6ccccc6)CC5=O)CC4)cccc3C2=O)C(=O)N1. The van der Waals surface area contributed by atoms with E-state index in [-0.39, 0.29) is 73.7 Å². The van der Waals surface area contributed by atoms with E-state index in [2.05, 4.69) is 25.8 Å². The van der Waals surface area contributed by atoms with Crippen LogP contribution < -0.4 is 16.0 Å². The van der Waals surface area contributed by atoms with Crippen LogP contribution in [0.2, 0.25) is 0 Å². The number of benzene rings is 2. The molecule has 2 aromatic rings. The summed E-state index contributed by atoms with van der Waals surface area (Å²) in [6, 6.07) is 13.9. The van der Waals surface area contributed by atoms with Gasteiger partial charge in [-0.05, 0) is 30.0 Å². The minimum Gasteiger partial charge on any atom is -0.464 e. The van der Waals surface area contributed by atoms with Crippen molar-refractivity contribution in [3.05, 3.63) is 77.0 Å². The third-order valence-electron chi connectivity index (χ3n) is 10.1. The minimum atomic E-state index is -0.756. The molecule has 4 aliphatic rings. The van der Waals surface area contributed by atoms with Gasteiger partial charge in [-0.15, -0.1) is 0 Å². The number of ketones is 2. The third kappa shape index (κ3) is 8.98. The van der Waals surface area contributed by atoms with Crippen molar-refractivity contribution in [2.75, 3.05) is 57.7 Å². The van der Waals surface area contributed by atoms with Crippen molar-refractivity contribution < 1.29 is 38.3 Å². The van der Waals surface area contributed by atoms with Crippen molar-refractivity contribution >= 4 is 46.9 Å². The summed E-state index contributed by atoms with van der Waals surface area (Å²) in [7, 11) is 0. The Hall–Kier alpha value is -5.21. The van der Waals surface area contributed by atoms with Gasteiger partial charge in [-0.2, -0.15) is 0 Å². The number of ether oxygens (including phenoxy) is 1. The number of carbonyl (C=O) groups excluding carboxylic acids is 7. The highest BCUT2D eigenvalue weighted by atomic mass is 16.5. The number of hydrogen-bond donors (Lipinski definition) is 3. The zero-order valence-corrected chi connectivity index (χ0v) is 29.1. The van der Waals surface area contributed by atoms with E-state index < -0.39 is 23.8 Å². The molecule has 3 aliphatic heterocycles. The predicted molar refractivity (Wildman–Crippen MR) is 189 cm³/mol. The van der Waals surface area contributed by atoms with Gasteiger partial charge in [-0.25, -0.2) is 0 Å². The Morgan fingerprint density at radius 2 is 1.58 bits per heavy atom. The summed E-state index contributed by atoms with van der Waals surface area (Å²) >= 11 is 0. The molecule has 1 unspecified atom stereocenters. The third-order valence-corrected chi connectivity index (χ3v) is 10.1. The molecule has 3 N–H and O–H groups in total. The highest BCUT2D eigenvalue weighted by Gasteiger charge is 2.40. The molecule has 3 fully saturated rings. The van der Waals surface area contributed by atoms with E-state index in [0.717, 1.165) is 38.3 Å². The summed E-state index contributed by atoms with van der Waals surface area (Å²) in [5, 5.41) is 8.22. The van der Waals surface area contributed by atoms with Crippen LogP contribution in [-0.2, 0) is 40.0 Å². The smallest absolute Gasteiger partial charge is 0.306 e. The highest BCUT2D eigenvalue weighted by Crippen LogP contribution is 2.33. The number of piperidine rings is 1. The molecular weight excluding hydrogens is 668 g/mol. The number of esters is 1. The maximum absolute atomic E-state index is 13.0. The lowest BCUT2D eigenvalue weighted by atomic mass is 9.80. The average molecular weight is 713 g/mol. The second-order valence-corrected chi connectivity index (χ2v) is 13.6. The van der Waals surface area contributed by atoms with Gasteiger partial charge >= 0.3 is 5.97 Å². The monoisotopic (exact) mass is 712 g/mol. The van der Waals surface area contributed by atoms with Gasteiger partial charge in [-0.1, -0.05) is 36.4 Å². The summed E-state index contributed by atoms with van der Waals surface area (Å²) in [5.74, 6) is -2.38. The second-order valence-electron chi connectivity index (χ2n) is 13.6. The number of hydrogen-bond acceptors (Lipinski definition) is 11. The Morgan fingerprint density at radius 3 is 2.29 bits per heavy atom. The lowest BCUT2D eigenvalue weighted by Gasteiger charge is -2.34. The van der Waals surface area contributed by atoms with Gasteiger partial charge in [0.1, 0.15) is 12.6 Å². The number of piperazine rings is 1. The van der Waals surface area contributed by atoms with E-state index in [1.54, 1.807) is 24.4 Å². The van der Waals surface area contributed by atoms with Gasteiger partial charge in [0.05, 0.1) is 12.0 Å². The van der Waals surface area contributed by atoms with Gasteiger partial charge in [0.15, 0.2) is 11.6 Å². The molecule has 1 aliphatic carbocycles. The number of amides is 4. The maximum Gasteiger partial charge on any atom is 0.306 e. The van der Waals surface area contributed by atoms with Crippen LogP contribution in [0.3, 0.4) is 0 Å². The molecule has 2 saturated heterocycles. The van der Waals surface area contributed by atoms with Gasteiger partial charge in [0.25, 0.3) is 5.91 Å². The summed E-state index contributed by atoms with van der Waals surface area (Å²) in [5.41, 5.74) is 2.69. The maximum atomic E-state index is 13.0.